The van der Waals surface area contributed by atoms with Crippen LogP contribution < -0.4 is 5.32 Å². The molecule has 2 rings (SSSR count). The van der Waals surface area contributed by atoms with Gasteiger partial charge < -0.3 is 10.4 Å². The minimum absolute atomic E-state index is 0.277. The molecule has 3 nitrogen and oxygen atoms in total. The molecule has 1 amide bonds. The van der Waals surface area contributed by atoms with Crippen LogP contribution in [0, 0.1) is 0 Å². The van der Waals surface area contributed by atoms with Gasteiger partial charge in [0.05, 0.1) is 6.10 Å². The number of carbonyl (C=O) groups is 1. The van der Waals surface area contributed by atoms with Crippen LogP contribution in [0.25, 0.3) is 0 Å². The molecule has 5 heteroatoms. The Bertz CT molecular complexity index is 623. The van der Waals surface area contributed by atoms with Crippen molar-refractivity contribution >= 4 is 39.1 Å². The minimum Gasteiger partial charge on any atom is -0.389 e. The zero-order chi connectivity index (χ0) is 14.7. The fraction of sp³-hybridized carbons (Fsp3) is 0.133. The Hall–Kier alpha value is -1.36. The van der Waals surface area contributed by atoms with Crippen LogP contribution in [0.1, 0.15) is 28.9 Å². The molecule has 0 aliphatic carbocycles. The first kappa shape index (κ1) is 15.0. The summed E-state index contributed by atoms with van der Waals surface area (Å²) < 4.78 is 0.735. The third kappa shape index (κ3) is 3.60. The van der Waals surface area contributed by atoms with Gasteiger partial charge in [0.2, 0.25) is 0 Å². The van der Waals surface area contributed by atoms with E-state index in [0.717, 1.165) is 4.47 Å². The van der Waals surface area contributed by atoms with Gasteiger partial charge in [-0.15, -0.1) is 0 Å². The smallest absolute Gasteiger partial charge is 0.255 e. The molecule has 0 aromatic heterocycles. The minimum atomic E-state index is -0.655. The molecule has 2 aromatic rings. The lowest BCUT2D eigenvalue weighted by molar-refractivity contribution is 0.102. The van der Waals surface area contributed by atoms with Crippen LogP contribution in [0.15, 0.2) is 46.9 Å². The van der Waals surface area contributed by atoms with Crippen LogP contribution in [0.4, 0.5) is 5.69 Å². The van der Waals surface area contributed by atoms with Gasteiger partial charge in [0, 0.05) is 26.3 Å². The predicted octanol–water partition coefficient (Wildman–Crippen LogP) is 4.41. The Morgan fingerprint density at radius 3 is 2.65 bits per heavy atom. The van der Waals surface area contributed by atoms with Crippen molar-refractivity contribution in [3.63, 3.8) is 0 Å². The number of nitrogens with one attached hydrogen (secondary N) is 1. The van der Waals surface area contributed by atoms with E-state index < -0.39 is 6.10 Å². The molecule has 0 aliphatic rings. The molecule has 1 unspecified atom stereocenters. The average molecular weight is 355 g/mol. The molecule has 2 aromatic carbocycles. The van der Waals surface area contributed by atoms with Gasteiger partial charge in [-0.25, -0.2) is 0 Å². The van der Waals surface area contributed by atoms with Gasteiger partial charge in [-0.1, -0.05) is 45.7 Å². The van der Waals surface area contributed by atoms with E-state index in [2.05, 4.69) is 21.2 Å². The molecular weight excluding hydrogens is 342 g/mol. The van der Waals surface area contributed by atoms with E-state index in [1.165, 1.54) is 0 Å². The van der Waals surface area contributed by atoms with E-state index in [1.807, 2.05) is 6.07 Å². The maximum absolute atomic E-state index is 12.2. The number of para-hydroxylation sites is 1. The first-order valence-corrected chi connectivity index (χ1v) is 7.19. The summed E-state index contributed by atoms with van der Waals surface area (Å²) >= 11 is 9.23. The second-order valence-corrected chi connectivity index (χ2v) is 5.73. The highest BCUT2D eigenvalue weighted by molar-refractivity contribution is 9.10. The molecule has 0 heterocycles. The summed E-state index contributed by atoms with van der Waals surface area (Å²) in [6, 6.07) is 12.1. The number of rotatable bonds is 3. The monoisotopic (exact) mass is 353 g/mol. The molecule has 2 N–H and O–H groups in total. The number of halogens is 2. The lowest BCUT2D eigenvalue weighted by Crippen LogP contribution is -2.14. The third-order valence-corrected chi connectivity index (χ3v) is 3.46. The Labute approximate surface area is 130 Å². The van der Waals surface area contributed by atoms with E-state index in [-0.39, 0.29) is 5.91 Å². The Morgan fingerprint density at radius 1 is 1.30 bits per heavy atom. The Balaban J connectivity index is 2.28. The van der Waals surface area contributed by atoms with Crippen molar-refractivity contribution in [2.75, 3.05) is 5.32 Å². The summed E-state index contributed by atoms with van der Waals surface area (Å²) in [5, 5.41) is 13.0. The highest BCUT2D eigenvalue weighted by Gasteiger charge is 2.12. The second kappa shape index (κ2) is 6.39. The first-order chi connectivity index (χ1) is 9.47. The zero-order valence-corrected chi connectivity index (χ0v) is 13.1. The largest absolute Gasteiger partial charge is 0.389 e. The third-order valence-electron chi connectivity index (χ3n) is 2.78. The lowest BCUT2D eigenvalue weighted by Gasteiger charge is -2.13. The number of hydrogen-bond donors (Lipinski definition) is 2. The number of aliphatic hydroxyl groups is 1. The summed E-state index contributed by atoms with van der Waals surface area (Å²) in [6.07, 6.45) is -0.655. The molecule has 104 valence electrons. The van der Waals surface area contributed by atoms with Gasteiger partial charge in [0.25, 0.3) is 5.91 Å². The quantitative estimate of drug-likeness (QED) is 0.858. The molecule has 0 saturated carbocycles. The van der Waals surface area contributed by atoms with Gasteiger partial charge >= 0.3 is 0 Å². The van der Waals surface area contributed by atoms with Crippen LogP contribution in [0.3, 0.4) is 0 Å². The molecule has 0 bridgehead atoms. The van der Waals surface area contributed by atoms with Crippen molar-refractivity contribution in [3.8, 4) is 0 Å². The van der Waals surface area contributed by atoms with E-state index >= 15 is 0 Å². The lowest BCUT2D eigenvalue weighted by atomic mass is 10.1. The molecule has 1 atom stereocenters. The highest BCUT2D eigenvalue weighted by Crippen LogP contribution is 2.24. The molecule has 0 radical (unpaired) electrons. The van der Waals surface area contributed by atoms with Crippen molar-refractivity contribution in [1.82, 2.24) is 0 Å². The molecule has 0 fully saturated rings. The SMILES string of the molecule is CC(O)c1ccccc1NC(=O)c1cc(Cl)cc(Br)c1. The average Bonchev–Trinajstić information content (AvgIpc) is 2.37. The number of benzene rings is 2. The summed E-state index contributed by atoms with van der Waals surface area (Å²) in [7, 11) is 0. The van der Waals surface area contributed by atoms with E-state index in [1.54, 1.807) is 43.3 Å². The van der Waals surface area contributed by atoms with Crippen LogP contribution >= 0.6 is 27.5 Å². The molecule has 0 saturated heterocycles. The Kier molecular flexibility index (Phi) is 4.81. The predicted molar refractivity (Wildman–Crippen MR) is 84.2 cm³/mol. The van der Waals surface area contributed by atoms with E-state index in [9.17, 15) is 9.90 Å². The number of anilines is 1. The maximum atomic E-state index is 12.2. The van der Waals surface area contributed by atoms with Crippen molar-refractivity contribution < 1.29 is 9.90 Å². The van der Waals surface area contributed by atoms with Crippen LogP contribution in [0.5, 0.6) is 0 Å². The van der Waals surface area contributed by atoms with Crippen LogP contribution in [-0.2, 0) is 0 Å². The van der Waals surface area contributed by atoms with Crippen molar-refractivity contribution in [3.05, 3.63) is 63.1 Å². The second-order valence-electron chi connectivity index (χ2n) is 4.38. The fourth-order valence-corrected chi connectivity index (χ4v) is 2.71. The van der Waals surface area contributed by atoms with Crippen molar-refractivity contribution in [2.45, 2.75) is 13.0 Å². The van der Waals surface area contributed by atoms with Gasteiger partial charge in [0.15, 0.2) is 0 Å². The first-order valence-electron chi connectivity index (χ1n) is 6.02. The summed E-state index contributed by atoms with van der Waals surface area (Å²) in [4.78, 5) is 12.2. The molecule has 0 aliphatic heterocycles. The fourth-order valence-electron chi connectivity index (χ4n) is 1.85. The van der Waals surface area contributed by atoms with Crippen LogP contribution in [-0.4, -0.2) is 11.0 Å². The summed E-state index contributed by atoms with van der Waals surface area (Å²) in [5.41, 5.74) is 1.70. The van der Waals surface area contributed by atoms with Gasteiger partial charge in [-0.05, 0) is 31.2 Å². The summed E-state index contributed by atoms with van der Waals surface area (Å²) in [5.74, 6) is -0.277. The zero-order valence-electron chi connectivity index (χ0n) is 10.7. The number of amides is 1. The van der Waals surface area contributed by atoms with E-state index in [0.29, 0.717) is 21.8 Å². The van der Waals surface area contributed by atoms with Crippen molar-refractivity contribution in [1.29, 1.82) is 0 Å². The van der Waals surface area contributed by atoms with Gasteiger partial charge in [0.1, 0.15) is 0 Å². The number of aliphatic hydroxyl groups excluding tert-OH is 1. The normalized spacial score (nSPS) is 12.0. The maximum Gasteiger partial charge on any atom is 0.255 e. The molecular formula is C15H13BrClNO2. The standard InChI is InChI=1S/C15H13BrClNO2/c1-9(19)13-4-2-3-5-14(13)18-15(20)10-6-11(16)8-12(17)7-10/h2-9,19H,1H3,(H,18,20). The van der Waals surface area contributed by atoms with Gasteiger partial charge in [-0.3, -0.25) is 4.79 Å². The topological polar surface area (TPSA) is 49.3 Å². The number of hydrogen-bond acceptors (Lipinski definition) is 2. The molecule has 20 heavy (non-hydrogen) atoms. The van der Waals surface area contributed by atoms with Crippen LogP contribution in [0.2, 0.25) is 5.02 Å². The summed E-state index contributed by atoms with van der Waals surface area (Å²) in [6.45, 7) is 1.65. The highest BCUT2D eigenvalue weighted by atomic mass is 79.9. The van der Waals surface area contributed by atoms with Crippen molar-refractivity contribution in [2.24, 2.45) is 0 Å². The molecule has 0 spiro atoms. The van der Waals surface area contributed by atoms with Gasteiger partial charge in [-0.2, -0.15) is 0 Å². The Morgan fingerprint density at radius 2 is 2.00 bits per heavy atom. The van der Waals surface area contributed by atoms with E-state index in [4.69, 9.17) is 11.6 Å². The number of carbonyl (C=O) groups excluding carboxylic acids is 1.